The van der Waals surface area contributed by atoms with Gasteiger partial charge < -0.3 is 15.7 Å². The zero-order chi connectivity index (χ0) is 8.27. The van der Waals surface area contributed by atoms with Gasteiger partial charge in [-0.3, -0.25) is 0 Å². The van der Waals surface area contributed by atoms with E-state index in [0.717, 1.165) is 26.1 Å². The monoisotopic (exact) mass is 158 g/mol. The first-order valence-electron chi connectivity index (χ1n) is 4.38. The van der Waals surface area contributed by atoms with Crippen molar-refractivity contribution in [2.45, 2.75) is 19.4 Å². The zero-order valence-corrected chi connectivity index (χ0v) is 7.16. The molecule has 1 aliphatic rings. The fraction of sp³-hybridized carbons (Fsp3) is 1.00. The molecule has 0 amide bonds. The maximum atomic E-state index is 9.42. The fourth-order valence-electron chi connectivity index (χ4n) is 1.66. The molecule has 11 heavy (non-hydrogen) atoms. The quantitative estimate of drug-likeness (QED) is 0.590. The molecule has 0 radical (unpaired) electrons. The van der Waals surface area contributed by atoms with Crippen LogP contribution >= 0.6 is 0 Å². The molecule has 0 bridgehead atoms. The summed E-state index contributed by atoms with van der Waals surface area (Å²) in [6.45, 7) is 5.79. The molecule has 0 spiro atoms. The predicted molar refractivity (Wildman–Crippen MR) is 45.3 cm³/mol. The first kappa shape index (κ1) is 8.97. The molecule has 0 aromatic heterocycles. The smallest absolute Gasteiger partial charge is 0.0703 e. The van der Waals surface area contributed by atoms with Crippen LogP contribution in [0.15, 0.2) is 0 Å². The number of rotatable bonds is 3. The van der Waals surface area contributed by atoms with Crippen LogP contribution in [0.5, 0.6) is 0 Å². The minimum atomic E-state index is -0.286. The van der Waals surface area contributed by atoms with Crippen molar-refractivity contribution in [1.82, 2.24) is 4.90 Å². The Bertz CT molecular complexity index is 119. The zero-order valence-electron chi connectivity index (χ0n) is 7.16. The van der Waals surface area contributed by atoms with Gasteiger partial charge in [0.2, 0.25) is 0 Å². The van der Waals surface area contributed by atoms with Gasteiger partial charge in [-0.05, 0) is 25.4 Å². The number of hydrogen-bond acceptors (Lipinski definition) is 3. The SMILES string of the molecule is CCN1CCC(C(O)CN)C1. The maximum Gasteiger partial charge on any atom is 0.0703 e. The fourth-order valence-corrected chi connectivity index (χ4v) is 1.66. The van der Waals surface area contributed by atoms with Crippen LogP contribution in [0.3, 0.4) is 0 Å². The lowest BCUT2D eigenvalue weighted by Gasteiger charge is -2.16. The van der Waals surface area contributed by atoms with Crippen molar-refractivity contribution >= 4 is 0 Å². The van der Waals surface area contributed by atoms with Crippen molar-refractivity contribution < 1.29 is 5.11 Å². The van der Waals surface area contributed by atoms with Crippen LogP contribution in [0.25, 0.3) is 0 Å². The van der Waals surface area contributed by atoms with Crippen LogP contribution in [0.1, 0.15) is 13.3 Å². The lowest BCUT2D eigenvalue weighted by atomic mass is 10.0. The molecule has 66 valence electrons. The molecule has 0 aliphatic carbocycles. The van der Waals surface area contributed by atoms with Crippen LogP contribution < -0.4 is 5.73 Å². The highest BCUT2D eigenvalue weighted by Crippen LogP contribution is 2.18. The van der Waals surface area contributed by atoms with Crippen molar-refractivity contribution in [3.05, 3.63) is 0 Å². The maximum absolute atomic E-state index is 9.42. The van der Waals surface area contributed by atoms with Gasteiger partial charge in [-0.1, -0.05) is 6.92 Å². The van der Waals surface area contributed by atoms with Gasteiger partial charge in [0.25, 0.3) is 0 Å². The molecule has 2 atom stereocenters. The van der Waals surface area contributed by atoms with Gasteiger partial charge >= 0.3 is 0 Å². The van der Waals surface area contributed by atoms with Crippen LogP contribution in [-0.2, 0) is 0 Å². The van der Waals surface area contributed by atoms with Crippen LogP contribution in [0.4, 0.5) is 0 Å². The summed E-state index contributed by atoms with van der Waals surface area (Å²) in [5.41, 5.74) is 5.37. The van der Waals surface area contributed by atoms with Crippen LogP contribution in [0.2, 0.25) is 0 Å². The van der Waals surface area contributed by atoms with E-state index in [-0.39, 0.29) is 6.10 Å². The Labute approximate surface area is 68.2 Å². The number of aliphatic hydroxyl groups is 1. The highest BCUT2D eigenvalue weighted by Gasteiger charge is 2.26. The number of nitrogens with two attached hydrogens (primary N) is 1. The largest absolute Gasteiger partial charge is 0.391 e. The van der Waals surface area contributed by atoms with E-state index in [1.54, 1.807) is 0 Å². The van der Waals surface area contributed by atoms with E-state index in [1.165, 1.54) is 0 Å². The molecule has 2 unspecified atom stereocenters. The molecule has 1 rings (SSSR count). The second kappa shape index (κ2) is 4.04. The Hall–Kier alpha value is -0.120. The Morgan fingerprint density at radius 2 is 2.45 bits per heavy atom. The van der Waals surface area contributed by atoms with Crippen LogP contribution in [0, 0.1) is 5.92 Å². The van der Waals surface area contributed by atoms with E-state index in [1.807, 2.05) is 0 Å². The lowest BCUT2D eigenvalue weighted by molar-refractivity contribution is 0.118. The summed E-state index contributed by atoms with van der Waals surface area (Å²) in [6, 6.07) is 0. The van der Waals surface area contributed by atoms with Gasteiger partial charge in [0.1, 0.15) is 0 Å². The molecule has 0 aromatic rings. The molecule has 0 aromatic carbocycles. The number of aliphatic hydroxyl groups excluding tert-OH is 1. The summed E-state index contributed by atoms with van der Waals surface area (Å²) in [6.07, 6.45) is 0.818. The van der Waals surface area contributed by atoms with Gasteiger partial charge in [-0.2, -0.15) is 0 Å². The highest BCUT2D eigenvalue weighted by atomic mass is 16.3. The Morgan fingerprint density at radius 3 is 2.91 bits per heavy atom. The van der Waals surface area contributed by atoms with Gasteiger partial charge in [-0.25, -0.2) is 0 Å². The van der Waals surface area contributed by atoms with Gasteiger partial charge in [0.15, 0.2) is 0 Å². The van der Waals surface area contributed by atoms with Gasteiger partial charge in [0, 0.05) is 13.1 Å². The van der Waals surface area contributed by atoms with Crippen molar-refractivity contribution in [1.29, 1.82) is 0 Å². The first-order chi connectivity index (χ1) is 5.27. The van der Waals surface area contributed by atoms with Crippen LogP contribution in [-0.4, -0.2) is 42.3 Å². The van der Waals surface area contributed by atoms with E-state index in [0.29, 0.717) is 12.5 Å². The number of likely N-dealkylation sites (tertiary alicyclic amines) is 1. The van der Waals surface area contributed by atoms with E-state index < -0.39 is 0 Å². The highest BCUT2D eigenvalue weighted by molar-refractivity contribution is 4.80. The number of nitrogens with zero attached hydrogens (tertiary/aromatic N) is 1. The summed E-state index contributed by atoms with van der Waals surface area (Å²) >= 11 is 0. The Balaban J connectivity index is 2.29. The second-order valence-electron chi connectivity index (χ2n) is 3.25. The summed E-state index contributed by atoms with van der Waals surface area (Å²) < 4.78 is 0. The molecule has 3 nitrogen and oxygen atoms in total. The second-order valence-corrected chi connectivity index (χ2v) is 3.25. The molecule has 0 saturated carbocycles. The average molecular weight is 158 g/mol. The van der Waals surface area contributed by atoms with Gasteiger partial charge in [0.05, 0.1) is 6.10 Å². The third kappa shape index (κ3) is 2.15. The third-order valence-corrected chi connectivity index (χ3v) is 2.54. The molecule has 1 aliphatic heterocycles. The molecule has 1 fully saturated rings. The molecule has 3 heteroatoms. The van der Waals surface area contributed by atoms with Crippen molar-refractivity contribution in [2.24, 2.45) is 11.7 Å². The van der Waals surface area contributed by atoms with E-state index in [2.05, 4.69) is 11.8 Å². The average Bonchev–Trinajstić information content (AvgIpc) is 2.50. The molecule has 3 N–H and O–H groups in total. The lowest BCUT2D eigenvalue weighted by Crippen LogP contribution is -2.31. The summed E-state index contributed by atoms with van der Waals surface area (Å²) in [7, 11) is 0. The Kier molecular flexibility index (Phi) is 3.30. The Morgan fingerprint density at radius 1 is 1.73 bits per heavy atom. The minimum Gasteiger partial charge on any atom is -0.391 e. The molecular formula is C8H18N2O. The topological polar surface area (TPSA) is 49.5 Å². The summed E-state index contributed by atoms with van der Waals surface area (Å²) in [5, 5.41) is 9.42. The van der Waals surface area contributed by atoms with E-state index >= 15 is 0 Å². The van der Waals surface area contributed by atoms with E-state index in [4.69, 9.17) is 5.73 Å². The minimum absolute atomic E-state index is 0.286. The van der Waals surface area contributed by atoms with Crippen molar-refractivity contribution in [2.75, 3.05) is 26.2 Å². The summed E-state index contributed by atoms with van der Waals surface area (Å²) in [4.78, 5) is 2.35. The predicted octanol–water partition coefficient (Wildman–Crippen LogP) is -0.352. The van der Waals surface area contributed by atoms with Crippen molar-refractivity contribution in [3.63, 3.8) is 0 Å². The first-order valence-corrected chi connectivity index (χ1v) is 4.38. The molecular weight excluding hydrogens is 140 g/mol. The standard InChI is InChI=1S/C8H18N2O/c1-2-10-4-3-7(6-10)8(11)5-9/h7-8,11H,2-6,9H2,1H3. The number of hydrogen-bond donors (Lipinski definition) is 2. The molecule has 1 saturated heterocycles. The van der Waals surface area contributed by atoms with Gasteiger partial charge in [-0.15, -0.1) is 0 Å². The third-order valence-electron chi connectivity index (χ3n) is 2.54. The van der Waals surface area contributed by atoms with E-state index in [9.17, 15) is 5.11 Å². The molecule has 1 heterocycles. The normalized spacial score (nSPS) is 29.2. The summed E-state index contributed by atoms with van der Waals surface area (Å²) in [5.74, 6) is 0.417. The van der Waals surface area contributed by atoms with Crippen molar-refractivity contribution in [3.8, 4) is 0 Å².